The summed E-state index contributed by atoms with van der Waals surface area (Å²) in [7, 11) is 0. The molecular weight excluding hydrogens is 248 g/mol. The minimum atomic E-state index is -0.105. The molecule has 1 saturated heterocycles. The Kier molecular flexibility index (Phi) is 3.72. The van der Waals surface area contributed by atoms with Crippen LogP contribution < -0.4 is 5.73 Å². The smallest absolute Gasteiger partial charge is 0.229 e. The molecular formula is C13H14N2O2S. The Labute approximate surface area is 111 Å². The van der Waals surface area contributed by atoms with Gasteiger partial charge in [-0.2, -0.15) is 0 Å². The Bertz CT molecular complexity index is 497. The van der Waals surface area contributed by atoms with Crippen LogP contribution in [0, 0.1) is 0 Å². The molecule has 18 heavy (non-hydrogen) atoms. The minimum Gasteiger partial charge on any atom is -0.389 e. The number of amides is 2. The van der Waals surface area contributed by atoms with Crippen molar-refractivity contribution in [2.45, 2.75) is 25.8 Å². The van der Waals surface area contributed by atoms with E-state index in [0.717, 1.165) is 11.1 Å². The minimum absolute atomic E-state index is 0.105. The fraction of sp³-hybridized carbons (Fsp3) is 0.308. The van der Waals surface area contributed by atoms with E-state index in [4.69, 9.17) is 18.0 Å². The second-order valence-corrected chi connectivity index (χ2v) is 4.73. The molecule has 5 heteroatoms. The Morgan fingerprint density at radius 3 is 2.56 bits per heavy atom. The van der Waals surface area contributed by atoms with Gasteiger partial charge in [0.25, 0.3) is 0 Å². The Morgan fingerprint density at radius 2 is 1.94 bits per heavy atom. The van der Waals surface area contributed by atoms with Crippen molar-refractivity contribution in [1.82, 2.24) is 4.90 Å². The molecule has 1 aliphatic heterocycles. The fourth-order valence-electron chi connectivity index (χ4n) is 1.98. The van der Waals surface area contributed by atoms with Crippen LogP contribution in [-0.4, -0.2) is 21.7 Å². The van der Waals surface area contributed by atoms with Gasteiger partial charge in [0.1, 0.15) is 4.99 Å². The van der Waals surface area contributed by atoms with Crippen molar-refractivity contribution in [3.05, 3.63) is 35.4 Å². The van der Waals surface area contributed by atoms with E-state index >= 15 is 0 Å². The van der Waals surface area contributed by atoms with Crippen LogP contribution in [0.15, 0.2) is 24.3 Å². The first-order valence-electron chi connectivity index (χ1n) is 5.80. The molecule has 0 saturated carbocycles. The number of hydrogen-bond donors (Lipinski definition) is 1. The summed E-state index contributed by atoms with van der Waals surface area (Å²) in [6.07, 6.45) is 1.54. The number of imide groups is 1. The maximum absolute atomic E-state index is 11.7. The van der Waals surface area contributed by atoms with Crippen LogP contribution in [0.3, 0.4) is 0 Å². The van der Waals surface area contributed by atoms with E-state index < -0.39 is 0 Å². The van der Waals surface area contributed by atoms with Crippen LogP contribution in [0.4, 0.5) is 0 Å². The molecule has 0 bridgehead atoms. The summed E-state index contributed by atoms with van der Waals surface area (Å²) in [4.78, 5) is 25.0. The van der Waals surface area contributed by atoms with Crippen LogP contribution in [0.5, 0.6) is 0 Å². The predicted molar refractivity (Wildman–Crippen MR) is 71.7 cm³/mol. The number of carbonyl (C=O) groups is 2. The monoisotopic (exact) mass is 262 g/mol. The molecule has 0 aromatic heterocycles. The van der Waals surface area contributed by atoms with Crippen LogP contribution in [0.2, 0.25) is 0 Å². The van der Waals surface area contributed by atoms with Gasteiger partial charge in [-0.25, -0.2) is 0 Å². The lowest BCUT2D eigenvalue weighted by Gasteiger charge is -2.25. The number of nitrogens with two attached hydrogens (primary N) is 1. The van der Waals surface area contributed by atoms with Crippen molar-refractivity contribution < 1.29 is 9.59 Å². The molecule has 94 valence electrons. The lowest BCUT2D eigenvalue weighted by molar-refractivity contribution is -0.148. The van der Waals surface area contributed by atoms with Gasteiger partial charge >= 0.3 is 0 Å². The summed E-state index contributed by atoms with van der Waals surface area (Å²) in [6.45, 7) is 0.300. The van der Waals surface area contributed by atoms with Crippen LogP contribution in [0.1, 0.15) is 30.4 Å². The van der Waals surface area contributed by atoms with Crippen molar-refractivity contribution in [3.8, 4) is 0 Å². The Balaban J connectivity index is 2.17. The number of thiocarbonyl (C=S) groups is 1. The van der Waals surface area contributed by atoms with Crippen molar-refractivity contribution in [2.24, 2.45) is 5.73 Å². The normalized spacial score (nSPS) is 15.9. The highest BCUT2D eigenvalue weighted by atomic mass is 32.1. The van der Waals surface area contributed by atoms with Crippen molar-refractivity contribution in [3.63, 3.8) is 0 Å². The molecule has 0 unspecified atom stereocenters. The third-order valence-electron chi connectivity index (χ3n) is 2.94. The molecule has 0 spiro atoms. The second kappa shape index (κ2) is 5.27. The largest absolute Gasteiger partial charge is 0.389 e. The fourth-order valence-corrected chi connectivity index (χ4v) is 2.11. The average molecular weight is 262 g/mol. The number of carbonyl (C=O) groups excluding carboxylic acids is 2. The summed E-state index contributed by atoms with van der Waals surface area (Å²) in [6, 6.07) is 7.31. The zero-order valence-corrected chi connectivity index (χ0v) is 10.7. The van der Waals surface area contributed by atoms with Gasteiger partial charge < -0.3 is 5.73 Å². The van der Waals surface area contributed by atoms with Gasteiger partial charge in [-0.1, -0.05) is 30.4 Å². The highest BCUT2D eigenvalue weighted by Crippen LogP contribution is 2.16. The lowest BCUT2D eigenvalue weighted by Crippen LogP contribution is -2.39. The van der Waals surface area contributed by atoms with Gasteiger partial charge in [-0.3, -0.25) is 14.5 Å². The molecule has 1 heterocycles. The average Bonchev–Trinajstić information content (AvgIpc) is 2.34. The van der Waals surface area contributed by atoms with Gasteiger partial charge in [0, 0.05) is 18.4 Å². The van der Waals surface area contributed by atoms with E-state index in [1.165, 1.54) is 4.90 Å². The van der Waals surface area contributed by atoms with Crippen LogP contribution in [-0.2, 0) is 16.1 Å². The quantitative estimate of drug-likeness (QED) is 0.660. The molecule has 1 aliphatic rings. The number of benzene rings is 1. The maximum Gasteiger partial charge on any atom is 0.229 e. The molecule has 1 aromatic carbocycles. The van der Waals surface area contributed by atoms with Crippen LogP contribution >= 0.6 is 12.2 Å². The molecule has 2 N–H and O–H groups in total. The third-order valence-corrected chi connectivity index (χ3v) is 3.17. The molecule has 1 fully saturated rings. The molecule has 2 amide bonds. The van der Waals surface area contributed by atoms with Crippen molar-refractivity contribution in [1.29, 1.82) is 0 Å². The van der Waals surface area contributed by atoms with E-state index in [0.29, 0.717) is 30.8 Å². The van der Waals surface area contributed by atoms with Crippen molar-refractivity contribution >= 4 is 29.0 Å². The Morgan fingerprint density at radius 1 is 1.28 bits per heavy atom. The van der Waals surface area contributed by atoms with Gasteiger partial charge in [0.05, 0.1) is 6.54 Å². The number of rotatable bonds is 3. The molecule has 0 atom stereocenters. The molecule has 2 rings (SSSR count). The Hall–Kier alpha value is -1.75. The maximum atomic E-state index is 11.7. The highest BCUT2D eigenvalue weighted by molar-refractivity contribution is 7.80. The molecule has 0 aliphatic carbocycles. The van der Waals surface area contributed by atoms with E-state index in [2.05, 4.69) is 0 Å². The predicted octanol–water partition coefficient (Wildman–Crippen LogP) is 1.36. The summed E-state index contributed by atoms with van der Waals surface area (Å²) < 4.78 is 0. The van der Waals surface area contributed by atoms with Gasteiger partial charge in [-0.05, 0) is 18.1 Å². The van der Waals surface area contributed by atoms with Crippen molar-refractivity contribution in [2.75, 3.05) is 0 Å². The molecule has 4 nitrogen and oxygen atoms in total. The topological polar surface area (TPSA) is 63.4 Å². The highest BCUT2D eigenvalue weighted by Gasteiger charge is 2.25. The third kappa shape index (κ3) is 2.73. The first-order chi connectivity index (χ1) is 8.58. The van der Waals surface area contributed by atoms with Gasteiger partial charge in [0.2, 0.25) is 11.8 Å². The zero-order valence-electron chi connectivity index (χ0n) is 9.89. The number of piperidine rings is 1. The number of likely N-dealkylation sites (tertiary alicyclic amines) is 1. The van der Waals surface area contributed by atoms with Crippen LogP contribution in [0.25, 0.3) is 0 Å². The summed E-state index contributed by atoms with van der Waals surface area (Å²) in [5.74, 6) is -0.209. The summed E-state index contributed by atoms with van der Waals surface area (Å²) in [5, 5.41) is 0. The van der Waals surface area contributed by atoms with Gasteiger partial charge in [-0.15, -0.1) is 0 Å². The van der Waals surface area contributed by atoms with E-state index in [-0.39, 0.29) is 11.8 Å². The summed E-state index contributed by atoms with van der Waals surface area (Å²) in [5.41, 5.74) is 7.17. The van der Waals surface area contributed by atoms with E-state index in [9.17, 15) is 9.59 Å². The first-order valence-corrected chi connectivity index (χ1v) is 6.20. The van der Waals surface area contributed by atoms with Gasteiger partial charge in [0.15, 0.2) is 0 Å². The number of hydrogen-bond acceptors (Lipinski definition) is 3. The van der Waals surface area contributed by atoms with E-state index in [1.54, 1.807) is 0 Å². The number of nitrogens with zero attached hydrogens (tertiary/aromatic N) is 1. The zero-order chi connectivity index (χ0) is 13.1. The van der Waals surface area contributed by atoms with E-state index in [1.807, 2.05) is 24.3 Å². The second-order valence-electron chi connectivity index (χ2n) is 4.29. The SMILES string of the molecule is NC(=S)c1cccc(CN2C(=O)CCCC2=O)c1. The summed E-state index contributed by atoms with van der Waals surface area (Å²) >= 11 is 4.90. The standard InChI is InChI=1S/C13H14N2O2S/c14-13(18)10-4-1-3-9(7-10)8-15-11(16)5-2-6-12(15)17/h1,3-4,7H,2,5-6,8H2,(H2,14,18). The molecule has 1 aromatic rings. The lowest BCUT2D eigenvalue weighted by atomic mass is 10.1. The molecule has 0 radical (unpaired) electrons. The first kappa shape index (κ1) is 12.7.